The highest BCUT2D eigenvalue weighted by Gasteiger charge is 2.26. The van der Waals surface area contributed by atoms with Crippen LogP contribution in [0.4, 0.5) is 0 Å². The molecule has 4 nitrogen and oxygen atoms in total. The number of rotatable bonds is 6. The summed E-state index contributed by atoms with van der Waals surface area (Å²) >= 11 is 12.3. The van der Waals surface area contributed by atoms with Gasteiger partial charge >= 0.3 is 0 Å². The van der Waals surface area contributed by atoms with Crippen molar-refractivity contribution in [3.63, 3.8) is 0 Å². The van der Waals surface area contributed by atoms with Crippen molar-refractivity contribution in [3.8, 4) is 0 Å². The van der Waals surface area contributed by atoms with E-state index in [2.05, 4.69) is 18.4 Å². The Kier molecular flexibility index (Phi) is 6.35. The molecular weight excluding hydrogens is 417 g/mol. The average Bonchev–Trinajstić information content (AvgIpc) is 3.34. The minimum Gasteiger partial charge on any atom is -0.331 e. The second-order valence-electron chi connectivity index (χ2n) is 8.56. The van der Waals surface area contributed by atoms with Crippen molar-refractivity contribution in [1.29, 1.82) is 0 Å². The summed E-state index contributed by atoms with van der Waals surface area (Å²) in [5, 5.41) is 1.34. The van der Waals surface area contributed by atoms with Gasteiger partial charge < -0.3 is 9.47 Å². The molecule has 4 rings (SSSR count). The number of hydrogen-bond donors (Lipinski definition) is 0. The molecule has 0 bridgehead atoms. The molecule has 30 heavy (non-hydrogen) atoms. The van der Waals surface area contributed by atoms with Crippen LogP contribution in [0.3, 0.4) is 0 Å². The molecule has 2 aromatic carbocycles. The molecule has 1 saturated carbocycles. The molecule has 1 aliphatic carbocycles. The van der Waals surface area contributed by atoms with Crippen LogP contribution in [0, 0.1) is 5.92 Å². The molecule has 1 fully saturated rings. The second kappa shape index (κ2) is 8.99. The van der Waals surface area contributed by atoms with E-state index in [9.17, 15) is 4.79 Å². The summed E-state index contributed by atoms with van der Waals surface area (Å²) < 4.78 is 2.33. The standard InChI is InChI=1S/C24H27Cl2N3O/c1-16(2)14-28(24(30)17-7-9-18(25)10-8-17)15-23-27-21-12-11-19(26)13-22(21)29(23)20-5-3-4-6-20/h7-13,16,20H,3-6,14-15H2,1-2H3. The van der Waals surface area contributed by atoms with Gasteiger partial charge in [0.1, 0.15) is 5.82 Å². The van der Waals surface area contributed by atoms with Gasteiger partial charge in [-0.1, -0.05) is 49.9 Å². The summed E-state index contributed by atoms with van der Waals surface area (Å²) in [4.78, 5) is 20.2. The predicted molar refractivity (Wildman–Crippen MR) is 123 cm³/mol. The molecule has 0 N–H and O–H groups in total. The van der Waals surface area contributed by atoms with E-state index in [0.29, 0.717) is 40.7 Å². The van der Waals surface area contributed by atoms with E-state index in [0.717, 1.165) is 29.7 Å². The van der Waals surface area contributed by atoms with E-state index in [1.54, 1.807) is 24.3 Å². The number of carbonyl (C=O) groups is 1. The van der Waals surface area contributed by atoms with Gasteiger partial charge in [-0.2, -0.15) is 0 Å². The maximum Gasteiger partial charge on any atom is 0.254 e. The van der Waals surface area contributed by atoms with Crippen LogP contribution in [0.25, 0.3) is 11.0 Å². The molecule has 6 heteroatoms. The van der Waals surface area contributed by atoms with Crippen molar-refractivity contribution in [3.05, 3.63) is 63.9 Å². The topological polar surface area (TPSA) is 38.1 Å². The molecule has 1 aliphatic rings. The van der Waals surface area contributed by atoms with Gasteiger partial charge in [0.2, 0.25) is 0 Å². The van der Waals surface area contributed by atoms with Crippen molar-refractivity contribution in [2.24, 2.45) is 5.92 Å². The zero-order valence-electron chi connectivity index (χ0n) is 17.4. The van der Waals surface area contributed by atoms with Crippen molar-refractivity contribution in [1.82, 2.24) is 14.5 Å². The molecule has 1 aromatic heterocycles. The quantitative estimate of drug-likeness (QED) is 0.422. The molecule has 0 aliphatic heterocycles. The van der Waals surface area contributed by atoms with Gasteiger partial charge in [0, 0.05) is 28.2 Å². The number of benzene rings is 2. The molecule has 0 saturated heterocycles. The Morgan fingerprint density at radius 2 is 1.77 bits per heavy atom. The summed E-state index contributed by atoms with van der Waals surface area (Å²) in [7, 11) is 0. The Balaban J connectivity index is 1.72. The lowest BCUT2D eigenvalue weighted by molar-refractivity contribution is 0.0715. The van der Waals surface area contributed by atoms with Crippen LogP contribution in [-0.4, -0.2) is 26.9 Å². The highest BCUT2D eigenvalue weighted by atomic mass is 35.5. The predicted octanol–water partition coefficient (Wildman–Crippen LogP) is 6.76. The van der Waals surface area contributed by atoms with Crippen molar-refractivity contribution < 1.29 is 4.79 Å². The van der Waals surface area contributed by atoms with Gasteiger partial charge in [-0.25, -0.2) is 4.98 Å². The number of carbonyl (C=O) groups excluding carboxylic acids is 1. The van der Waals surface area contributed by atoms with Gasteiger partial charge in [-0.15, -0.1) is 0 Å². The van der Waals surface area contributed by atoms with Crippen molar-refractivity contribution in [2.45, 2.75) is 52.1 Å². The van der Waals surface area contributed by atoms with E-state index >= 15 is 0 Å². The molecule has 158 valence electrons. The fourth-order valence-electron chi connectivity index (χ4n) is 4.40. The van der Waals surface area contributed by atoms with Crippen LogP contribution in [0.2, 0.25) is 10.0 Å². The van der Waals surface area contributed by atoms with Gasteiger partial charge in [-0.3, -0.25) is 4.79 Å². The third kappa shape index (κ3) is 4.50. The molecule has 3 aromatic rings. The molecule has 0 spiro atoms. The lowest BCUT2D eigenvalue weighted by atomic mass is 10.1. The number of imidazole rings is 1. The third-order valence-corrected chi connectivity index (χ3v) is 6.20. The summed E-state index contributed by atoms with van der Waals surface area (Å²) in [6.07, 6.45) is 4.73. The highest BCUT2D eigenvalue weighted by molar-refractivity contribution is 6.31. The minimum absolute atomic E-state index is 0.00317. The lowest BCUT2D eigenvalue weighted by Crippen LogP contribution is -2.35. The SMILES string of the molecule is CC(C)CN(Cc1nc2ccc(Cl)cc2n1C1CCCC1)C(=O)c1ccc(Cl)cc1. The van der Waals surface area contributed by atoms with Crippen LogP contribution >= 0.6 is 23.2 Å². The third-order valence-electron chi connectivity index (χ3n) is 5.71. The summed E-state index contributed by atoms with van der Waals surface area (Å²) in [6.45, 7) is 5.39. The van der Waals surface area contributed by atoms with Crippen molar-refractivity contribution in [2.75, 3.05) is 6.54 Å². The van der Waals surface area contributed by atoms with Gasteiger partial charge in [0.15, 0.2) is 0 Å². The Morgan fingerprint density at radius 1 is 1.10 bits per heavy atom. The number of hydrogen-bond acceptors (Lipinski definition) is 2. The monoisotopic (exact) mass is 443 g/mol. The number of amides is 1. The first kappa shape index (κ1) is 21.2. The van der Waals surface area contributed by atoms with E-state index in [4.69, 9.17) is 28.2 Å². The minimum atomic E-state index is 0.00317. The van der Waals surface area contributed by atoms with Crippen LogP contribution in [0.5, 0.6) is 0 Å². The van der Waals surface area contributed by atoms with E-state index in [1.165, 1.54) is 12.8 Å². The number of nitrogens with zero attached hydrogens (tertiary/aromatic N) is 3. The lowest BCUT2D eigenvalue weighted by Gasteiger charge is -2.26. The zero-order chi connectivity index (χ0) is 21.3. The molecule has 1 heterocycles. The summed E-state index contributed by atoms with van der Waals surface area (Å²) in [6, 6.07) is 13.4. The second-order valence-corrected chi connectivity index (χ2v) is 9.43. The van der Waals surface area contributed by atoms with Crippen LogP contribution in [0.1, 0.15) is 61.8 Å². The van der Waals surface area contributed by atoms with E-state index < -0.39 is 0 Å². The highest BCUT2D eigenvalue weighted by Crippen LogP contribution is 2.35. The maximum atomic E-state index is 13.3. The van der Waals surface area contributed by atoms with E-state index in [1.807, 2.05) is 23.1 Å². The van der Waals surface area contributed by atoms with Crippen molar-refractivity contribution >= 4 is 40.1 Å². The summed E-state index contributed by atoms with van der Waals surface area (Å²) in [5.41, 5.74) is 2.64. The zero-order valence-corrected chi connectivity index (χ0v) is 19.0. The fourth-order valence-corrected chi connectivity index (χ4v) is 4.70. The first-order valence-electron chi connectivity index (χ1n) is 10.6. The largest absolute Gasteiger partial charge is 0.331 e. The summed E-state index contributed by atoms with van der Waals surface area (Å²) in [5.74, 6) is 1.28. The Bertz CT molecular complexity index is 1040. The van der Waals surface area contributed by atoms with Gasteiger partial charge in [-0.05, 0) is 61.2 Å². The van der Waals surface area contributed by atoms with Crippen LogP contribution in [0.15, 0.2) is 42.5 Å². The Labute approximate surface area is 187 Å². The smallest absolute Gasteiger partial charge is 0.254 e. The molecule has 0 unspecified atom stereocenters. The van der Waals surface area contributed by atoms with Gasteiger partial charge in [0.05, 0.1) is 17.6 Å². The van der Waals surface area contributed by atoms with Crippen LogP contribution < -0.4 is 0 Å². The Morgan fingerprint density at radius 3 is 2.43 bits per heavy atom. The number of fused-ring (bicyclic) bond motifs is 1. The van der Waals surface area contributed by atoms with Crippen LogP contribution in [-0.2, 0) is 6.54 Å². The normalized spacial score (nSPS) is 14.7. The van der Waals surface area contributed by atoms with Gasteiger partial charge in [0.25, 0.3) is 5.91 Å². The average molecular weight is 444 g/mol. The molecule has 0 radical (unpaired) electrons. The molecule has 0 atom stereocenters. The number of aromatic nitrogens is 2. The molecule has 1 amide bonds. The maximum absolute atomic E-state index is 13.3. The molecular formula is C24H27Cl2N3O. The fraction of sp³-hybridized carbons (Fsp3) is 0.417. The van der Waals surface area contributed by atoms with E-state index in [-0.39, 0.29) is 5.91 Å². The number of halogens is 2. The first-order chi connectivity index (χ1) is 14.4. The first-order valence-corrected chi connectivity index (χ1v) is 11.4. The Hall–Kier alpha value is -2.04.